The number of carbonyl (C=O) groups is 1. The summed E-state index contributed by atoms with van der Waals surface area (Å²) in [5, 5.41) is 13.1. The van der Waals surface area contributed by atoms with E-state index in [4.69, 9.17) is 19.9 Å². The number of ketones is 1. The molecule has 0 atom stereocenters. The number of hydrogen-bond acceptors (Lipinski definition) is 9. The van der Waals surface area contributed by atoms with Gasteiger partial charge in [-0.3, -0.25) is 24.9 Å². The molecule has 0 saturated heterocycles. The van der Waals surface area contributed by atoms with Crippen molar-refractivity contribution in [2.24, 2.45) is 4.99 Å². The van der Waals surface area contributed by atoms with Crippen LogP contribution in [-0.4, -0.2) is 40.7 Å². The molecule has 12 rings (SSSR count). The van der Waals surface area contributed by atoms with Crippen molar-refractivity contribution in [3.63, 3.8) is 0 Å². The van der Waals surface area contributed by atoms with Crippen LogP contribution in [0.15, 0.2) is 175 Å². The molecule has 0 amide bonds. The summed E-state index contributed by atoms with van der Waals surface area (Å²) < 4.78 is 118. The number of hydrogen-bond donors (Lipinski definition) is 0. The van der Waals surface area contributed by atoms with Crippen LogP contribution < -0.4 is 10.5 Å². The van der Waals surface area contributed by atoms with Crippen molar-refractivity contribution in [3.8, 4) is 0 Å². The molecule has 8 aromatic heterocycles. The van der Waals surface area contributed by atoms with Crippen LogP contribution in [0.3, 0.4) is 0 Å². The fraction of sp³-hybridized carbons (Fsp3) is 0.0392. The molecular formula is C51H34F12N10OP2Pt2. The molecule has 0 aliphatic rings. The Labute approximate surface area is 460 Å². The van der Waals surface area contributed by atoms with Crippen LogP contribution in [0.4, 0.5) is 67.8 Å². The molecule has 0 bridgehead atoms. The van der Waals surface area contributed by atoms with Crippen LogP contribution in [-0.2, 0) is 46.9 Å². The van der Waals surface area contributed by atoms with Crippen LogP contribution in [0, 0.1) is 0 Å². The van der Waals surface area contributed by atoms with Gasteiger partial charge < -0.3 is 30.1 Å². The minimum absolute atomic E-state index is 0. The summed E-state index contributed by atoms with van der Waals surface area (Å²) in [4.78, 5) is 51.2. The number of carbonyl (C=O) groups excluding carboxylic acids is 1. The molecule has 0 aliphatic heterocycles. The van der Waals surface area contributed by atoms with E-state index in [1.807, 2.05) is 97.1 Å². The SMILES string of the molecule is CC(C)=O.F[P-](F)(F)(F)(F)F.F[P-](F)(F)(F)(F)F.[Pt+2].[Pt+2].c1cnc2c(c1)ccc1ccc(N=c3ccc4ccc5cccnc5c4[n-]3)nc12.c1cnc2c(c1)ccc1ccc([N-]c3ccc4ccc5cccnc5c4n3)nc12. The molecular weight excluding hydrogens is 1450 g/mol. The number of Topliss-reactive ketones (excluding diaryl/α,β-unsaturated/α-hetero) is 1. The summed E-state index contributed by atoms with van der Waals surface area (Å²) in [5.41, 5.74) is 7.50. The summed E-state index contributed by atoms with van der Waals surface area (Å²) in [6.45, 7) is 3.06. The predicted octanol–water partition coefficient (Wildman–Crippen LogP) is 18.2. The fourth-order valence-corrected chi connectivity index (χ4v) is 7.34. The summed E-state index contributed by atoms with van der Waals surface area (Å²) in [5.74, 6) is 1.99. The molecule has 0 aliphatic carbocycles. The predicted molar refractivity (Wildman–Crippen MR) is 275 cm³/mol. The number of aromatic nitrogens is 8. The van der Waals surface area contributed by atoms with E-state index in [1.54, 1.807) is 24.8 Å². The van der Waals surface area contributed by atoms with Crippen LogP contribution in [0.2, 0.25) is 0 Å². The molecule has 408 valence electrons. The van der Waals surface area contributed by atoms with E-state index in [9.17, 15) is 55.2 Å². The third-order valence-electron chi connectivity index (χ3n) is 10.1. The molecule has 0 spiro atoms. The van der Waals surface area contributed by atoms with Gasteiger partial charge in [-0.05, 0) is 78.0 Å². The smallest absolute Gasteiger partial charge is 0.434 e. The molecule has 0 N–H and O–H groups in total. The molecule has 78 heavy (non-hydrogen) atoms. The number of fused-ring (bicyclic) bond motifs is 12. The van der Waals surface area contributed by atoms with Crippen molar-refractivity contribution in [1.82, 2.24) is 39.9 Å². The van der Waals surface area contributed by atoms with Crippen LogP contribution >= 0.6 is 15.6 Å². The number of benzene rings is 4. The van der Waals surface area contributed by atoms with Gasteiger partial charge in [-0.25, -0.2) is 0 Å². The second-order valence-electron chi connectivity index (χ2n) is 16.6. The molecule has 4 aromatic carbocycles. The van der Waals surface area contributed by atoms with E-state index >= 15 is 0 Å². The second-order valence-corrected chi connectivity index (χ2v) is 20.4. The minimum atomic E-state index is -10.7. The molecule has 0 fully saturated rings. The summed E-state index contributed by atoms with van der Waals surface area (Å²) in [6.07, 6.45) is 7.15. The van der Waals surface area contributed by atoms with Crippen molar-refractivity contribution in [1.29, 1.82) is 0 Å². The maximum atomic E-state index is 9.87. The van der Waals surface area contributed by atoms with E-state index in [2.05, 4.69) is 78.8 Å². The maximum absolute atomic E-state index is 10.7. The molecule has 27 heteroatoms. The number of nitrogens with zero attached hydrogens (tertiary/aromatic N) is 10. The van der Waals surface area contributed by atoms with E-state index in [0.717, 1.165) is 87.2 Å². The first kappa shape index (κ1) is 60.1. The van der Waals surface area contributed by atoms with Gasteiger partial charge in [-0.1, -0.05) is 109 Å². The Balaban J connectivity index is 0.000000189. The van der Waals surface area contributed by atoms with Crippen LogP contribution in [0.1, 0.15) is 13.8 Å². The molecule has 0 radical (unpaired) electrons. The van der Waals surface area contributed by atoms with E-state index in [1.165, 1.54) is 13.8 Å². The normalized spacial score (nSPS) is 13.3. The van der Waals surface area contributed by atoms with Gasteiger partial charge >= 0.3 is 108 Å². The topological polar surface area (TPSA) is 148 Å². The Kier molecular flexibility index (Phi) is 16.6. The van der Waals surface area contributed by atoms with Crippen LogP contribution in [0.5, 0.6) is 0 Å². The quantitative estimate of drug-likeness (QED) is 0.0957. The van der Waals surface area contributed by atoms with E-state index in [0.29, 0.717) is 22.9 Å². The first-order valence-corrected chi connectivity index (χ1v) is 26.0. The number of rotatable bonds is 3. The van der Waals surface area contributed by atoms with Gasteiger partial charge in [0.1, 0.15) is 5.78 Å². The molecule has 12 aromatic rings. The maximum Gasteiger partial charge on any atom is 2.00 e. The monoisotopic (exact) mass is 1480 g/mol. The van der Waals surface area contributed by atoms with E-state index < -0.39 is 15.6 Å². The average Bonchev–Trinajstić information content (AvgIpc) is 3.38. The van der Waals surface area contributed by atoms with E-state index in [-0.39, 0.29) is 47.9 Å². The molecule has 0 saturated carbocycles. The minimum Gasteiger partial charge on any atom is -0.434 e. The zero-order valence-electron chi connectivity index (χ0n) is 39.6. The first-order chi connectivity index (χ1) is 35.3. The van der Waals surface area contributed by atoms with Crippen molar-refractivity contribution in [3.05, 3.63) is 181 Å². The standard InChI is InChI=1S/2C24H14N5.C3H6O.2F6P.2Pt/c2*1-3-15-5-7-17-9-11-19(28-23(17)21(15)25-13-1)27-20-12-10-18-8-6-16-4-2-14-26-22(16)24(18)29-20;1-3(2)4;2*1-7(2,3,4,5)6;;/h2*1-14H;1-2H3;;;;/q2*-1;;2*-1;2*+2. The number of halogens is 12. The Morgan fingerprint density at radius 3 is 1.06 bits per heavy atom. The Bertz CT molecular complexity index is 4130. The second kappa shape index (κ2) is 21.6. The van der Waals surface area contributed by atoms with Gasteiger partial charge in [-0.2, -0.15) is 0 Å². The third-order valence-corrected chi connectivity index (χ3v) is 10.1. The van der Waals surface area contributed by atoms with Crippen molar-refractivity contribution in [2.45, 2.75) is 13.8 Å². The fourth-order valence-electron chi connectivity index (χ4n) is 7.34. The first-order valence-electron chi connectivity index (χ1n) is 21.9. The van der Waals surface area contributed by atoms with Crippen molar-refractivity contribution >= 4 is 126 Å². The molecule has 0 unspecified atom stereocenters. The third kappa shape index (κ3) is 17.9. The zero-order valence-corrected chi connectivity index (χ0v) is 45.9. The Morgan fingerprint density at radius 2 is 0.679 bits per heavy atom. The summed E-state index contributed by atoms with van der Waals surface area (Å²) in [6, 6.07) is 48.1. The Morgan fingerprint density at radius 1 is 0.397 bits per heavy atom. The largest absolute Gasteiger partial charge is 2.00 e. The van der Waals surface area contributed by atoms with Gasteiger partial charge in [0.2, 0.25) is 0 Å². The summed E-state index contributed by atoms with van der Waals surface area (Å²) in [7, 11) is -21.3. The van der Waals surface area contributed by atoms with Gasteiger partial charge in [0.05, 0.1) is 33.4 Å². The zero-order chi connectivity index (χ0) is 54.8. The van der Waals surface area contributed by atoms with Gasteiger partial charge in [-0.15, -0.1) is 0 Å². The van der Waals surface area contributed by atoms with Gasteiger partial charge in [0, 0.05) is 74.4 Å². The summed E-state index contributed by atoms with van der Waals surface area (Å²) >= 11 is 0. The van der Waals surface area contributed by atoms with Gasteiger partial charge in [0.25, 0.3) is 0 Å². The van der Waals surface area contributed by atoms with Gasteiger partial charge in [0.15, 0.2) is 0 Å². The average molecular weight is 1480 g/mol. The number of pyridine rings is 8. The molecule has 11 nitrogen and oxygen atoms in total. The molecule has 8 heterocycles. The van der Waals surface area contributed by atoms with Crippen molar-refractivity contribution < 1.29 is 97.3 Å². The van der Waals surface area contributed by atoms with Crippen molar-refractivity contribution in [2.75, 3.05) is 0 Å². The Hall–Kier alpha value is -7.17. The van der Waals surface area contributed by atoms with Crippen LogP contribution in [0.25, 0.3) is 92.5 Å².